The molecule has 1 fully saturated rings. The van der Waals surface area contributed by atoms with Crippen LogP contribution < -0.4 is 5.32 Å². The van der Waals surface area contributed by atoms with E-state index in [0.717, 1.165) is 12.8 Å². The predicted molar refractivity (Wildman–Crippen MR) is 64.1 cm³/mol. The SMILES string of the molecule is CN(CC(=O)NC(C)(C)C)CC(O)C1CC1. The summed E-state index contributed by atoms with van der Waals surface area (Å²) in [5, 5.41) is 12.6. The number of aliphatic hydroxyl groups is 1. The van der Waals surface area contributed by atoms with Crippen molar-refractivity contribution in [3.8, 4) is 0 Å². The van der Waals surface area contributed by atoms with Gasteiger partial charge in [-0.05, 0) is 46.6 Å². The standard InChI is InChI=1S/C12H24N2O2/c1-12(2,3)13-11(16)8-14(4)7-10(15)9-5-6-9/h9-10,15H,5-8H2,1-4H3,(H,13,16). The lowest BCUT2D eigenvalue weighted by molar-refractivity contribution is -0.123. The molecule has 0 aromatic heterocycles. The predicted octanol–water partition coefficient (Wildman–Crippen LogP) is 0.604. The molecular weight excluding hydrogens is 204 g/mol. The van der Waals surface area contributed by atoms with E-state index in [2.05, 4.69) is 5.32 Å². The summed E-state index contributed by atoms with van der Waals surface area (Å²) >= 11 is 0. The molecule has 1 unspecified atom stereocenters. The van der Waals surface area contributed by atoms with Crippen molar-refractivity contribution in [1.29, 1.82) is 0 Å². The number of nitrogens with one attached hydrogen (secondary N) is 1. The quantitative estimate of drug-likeness (QED) is 0.724. The second-order valence-electron chi connectivity index (χ2n) is 5.90. The largest absolute Gasteiger partial charge is 0.392 e. The smallest absolute Gasteiger partial charge is 0.234 e. The lowest BCUT2D eigenvalue weighted by Crippen LogP contribution is -2.46. The fourth-order valence-corrected chi connectivity index (χ4v) is 1.72. The van der Waals surface area contributed by atoms with Gasteiger partial charge in [0.05, 0.1) is 12.6 Å². The fourth-order valence-electron chi connectivity index (χ4n) is 1.72. The number of likely N-dealkylation sites (N-methyl/N-ethyl adjacent to an activating group) is 1. The maximum atomic E-state index is 11.6. The van der Waals surface area contributed by atoms with Crippen molar-refractivity contribution in [2.45, 2.75) is 45.3 Å². The molecule has 94 valence electrons. The van der Waals surface area contributed by atoms with Crippen LogP contribution in [0.4, 0.5) is 0 Å². The zero-order valence-corrected chi connectivity index (χ0v) is 10.8. The highest BCUT2D eigenvalue weighted by Gasteiger charge is 2.30. The minimum Gasteiger partial charge on any atom is -0.392 e. The number of hydrogen-bond donors (Lipinski definition) is 2. The van der Waals surface area contributed by atoms with Gasteiger partial charge in [-0.2, -0.15) is 0 Å². The van der Waals surface area contributed by atoms with Crippen LogP contribution in [0, 0.1) is 5.92 Å². The molecule has 1 aliphatic rings. The van der Waals surface area contributed by atoms with Crippen molar-refractivity contribution in [2.75, 3.05) is 20.1 Å². The third-order valence-electron chi connectivity index (χ3n) is 2.59. The summed E-state index contributed by atoms with van der Waals surface area (Å²) in [5.41, 5.74) is -0.187. The van der Waals surface area contributed by atoms with Gasteiger partial charge in [0.2, 0.25) is 5.91 Å². The van der Waals surface area contributed by atoms with Crippen molar-refractivity contribution in [1.82, 2.24) is 10.2 Å². The third-order valence-corrected chi connectivity index (χ3v) is 2.59. The molecule has 1 atom stereocenters. The normalized spacial score (nSPS) is 18.6. The second kappa shape index (κ2) is 5.15. The van der Waals surface area contributed by atoms with Crippen LogP contribution in [0.5, 0.6) is 0 Å². The van der Waals surface area contributed by atoms with Crippen LogP contribution in [0.2, 0.25) is 0 Å². The molecule has 0 heterocycles. The summed E-state index contributed by atoms with van der Waals surface area (Å²) in [7, 11) is 1.87. The minimum atomic E-state index is -0.271. The highest BCUT2D eigenvalue weighted by molar-refractivity contribution is 5.78. The summed E-state index contributed by atoms with van der Waals surface area (Å²) in [6, 6.07) is 0. The summed E-state index contributed by atoms with van der Waals surface area (Å²) in [5.74, 6) is 0.478. The first-order chi connectivity index (χ1) is 7.28. The van der Waals surface area contributed by atoms with E-state index < -0.39 is 0 Å². The van der Waals surface area contributed by atoms with Gasteiger partial charge in [-0.15, -0.1) is 0 Å². The maximum Gasteiger partial charge on any atom is 0.234 e. The molecule has 0 radical (unpaired) electrons. The Morgan fingerprint density at radius 2 is 2.06 bits per heavy atom. The molecule has 0 bridgehead atoms. The second-order valence-corrected chi connectivity index (χ2v) is 5.90. The van der Waals surface area contributed by atoms with Crippen molar-refractivity contribution in [2.24, 2.45) is 5.92 Å². The third kappa shape index (κ3) is 5.47. The monoisotopic (exact) mass is 228 g/mol. The molecule has 4 heteroatoms. The molecule has 2 N–H and O–H groups in total. The molecule has 0 aromatic carbocycles. The number of amides is 1. The van der Waals surface area contributed by atoms with E-state index in [1.54, 1.807) is 0 Å². The lowest BCUT2D eigenvalue weighted by Gasteiger charge is -2.24. The molecule has 1 rings (SSSR count). The van der Waals surface area contributed by atoms with E-state index in [1.165, 1.54) is 0 Å². The number of carbonyl (C=O) groups excluding carboxylic acids is 1. The Labute approximate surface area is 98.0 Å². The van der Waals surface area contributed by atoms with E-state index in [4.69, 9.17) is 0 Å². The molecule has 0 spiro atoms. The van der Waals surface area contributed by atoms with E-state index in [0.29, 0.717) is 19.0 Å². The topological polar surface area (TPSA) is 52.6 Å². The van der Waals surface area contributed by atoms with Crippen LogP contribution in [0.1, 0.15) is 33.6 Å². The van der Waals surface area contributed by atoms with E-state index in [9.17, 15) is 9.90 Å². The van der Waals surface area contributed by atoms with Crippen molar-refractivity contribution >= 4 is 5.91 Å². The summed E-state index contributed by atoms with van der Waals surface area (Å²) in [6.45, 7) is 6.82. The lowest BCUT2D eigenvalue weighted by atomic mass is 10.1. The highest BCUT2D eigenvalue weighted by atomic mass is 16.3. The van der Waals surface area contributed by atoms with Gasteiger partial charge in [0, 0.05) is 12.1 Å². The van der Waals surface area contributed by atoms with E-state index in [1.807, 2.05) is 32.7 Å². The summed E-state index contributed by atoms with van der Waals surface area (Å²) < 4.78 is 0. The Morgan fingerprint density at radius 1 is 1.50 bits per heavy atom. The van der Waals surface area contributed by atoms with E-state index >= 15 is 0 Å². The van der Waals surface area contributed by atoms with Gasteiger partial charge < -0.3 is 10.4 Å². The zero-order chi connectivity index (χ0) is 12.3. The zero-order valence-electron chi connectivity index (χ0n) is 10.8. The number of rotatable bonds is 5. The summed E-state index contributed by atoms with van der Waals surface area (Å²) in [6.07, 6.45) is 1.99. The average molecular weight is 228 g/mol. The van der Waals surface area contributed by atoms with E-state index in [-0.39, 0.29) is 17.6 Å². The maximum absolute atomic E-state index is 11.6. The van der Waals surface area contributed by atoms with Crippen LogP contribution >= 0.6 is 0 Å². The molecule has 1 aliphatic carbocycles. The van der Waals surface area contributed by atoms with Crippen LogP contribution in [-0.4, -0.2) is 47.7 Å². The molecule has 0 aliphatic heterocycles. The molecule has 1 saturated carbocycles. The van der Waals surface area contributed by atoms with Gasteiger partial charge in [0.25, 0.3) is 0 Å². The molecule has 0 saturated heterocycles. The fraction of sp³-hybridized carbons (Fsp3) is 0.917. The van der Waals surface area contributed by atoms with Gasteiger partial charge >= 0.3 is 0 Å². The molecule has 16 heavy (non-hydrogen) atoms. The molecule has 0 aromatic rings. The number of hydrogen-bond acceptors (Lipinski definition) is 3. The molecule has 1 amide bonds. The minimum absolute atomic E-state index is 0.0120. The van der Waals surface area contributed by atoms with Gasteiger partial charge in [-0.1, -0.05) is 0 Å². The Morgan fingerprint density at radius 3 is 2.50 bits per heavy atom. The van der Waals surface area contributed by atoms with Crippen LogP contribution in [0.15, 0.2) is 0 Å². The first-order valence-electron chi connectivity index (χ1n) is 5.95. The molecule has 4 nitrogen and oxygen atoms in total. The first kappa shape index (κ1) is 13.5. The summed E-state index contributed by atoms with van der Waals surface area (Å²) in [4.78, 5) is 13.5. The van der Waals surface area contributed by atoms with Crippen LogP contribution in [0.3, 0.4) is 0 Å². The van der Waals surface area contributed by atoms with Crippen LogP contribution in [-0.2, 0) is 4.79 Å². The Kier molecular flexibility index (Phi) is 4.33. The first-order valence-corrected chi connectivity index (χ1v) is 5.95. The number of carbonyl (C=O) groups is 1. The average Bonchev–Trinajstić information content (AvgIpc) is 2.79. The number of nitrogens with zero attached hydrogens (tertiary/aromatic N) is 1. The van der Waals surface area contributed by atoms with Crippen molar-refractivity contribution in [3.63, 3.8) is 0 Å². The highest BCUT2D eigenvalue weighted by Crippen LogP contribution is 2.32. The Balaban J connectivity index is 2.22. The Hall–Kier alpha value is -0.610. The van der Waals surface area contributed by atoms with Crippen LogP contribution in [0.25, 0.3) is 0 Å². The Bertz CT molecular complexity index is 244. The van der Waals surface area contributed by atoms with Crippen molar-refractivity contribution < 1.29 is 9.90 Å². The van der Waals surface area contributed by atoms with Gasteiger partial charge in [0.1, 0.15) is 0 Å². The van der Waals surface area contributed by atoms with Gasteiger partial charge in [-0.3, -0.25) is 9.69 Å². The van der Waals surface area contributed by atoms with Gasteiger partial charge in [0.15, 0.2) is 0 Å². The number of aliphatic hydroxyl groups excluding tert-OH is 1. The van der Waals surface area contributed by atoms with Gasteiger partial charge in [-0.25, -0.2) is 0 Å². The van der Waals surface area contributed by atoms with Crippen molar-refractivity contribution in [3.05, 3.63) is 0 Å². The molecular formula is C12H24N2O2.